The number of halogens is 1. The molecule has 29 heavy (non-hydrogen) atoms. The van der Waals surface area contributed by atoms with Crippen molar-refractivity contribution in [3.05, 3.63) is 59.8 Å². The fraction of sp³-hybridized carbons (Fsp3) is 0.455. The first-order valence-corrected chi connectivity index (χ1v) is 9.82. The predicted octanol–water partition coefficient (Wildman–Crippen LogP) is 3.51. The van der Waals surface area contributed by atoms with Crippen LogP contribution in [0.5, 0.6) is 5.88 Å². The lowest BCUT2D eigenvalue weighted by Gasteiger charge is -2.43. The van der Waals surface area contributed by atoms with Crippen LogP contribution in [-0.4, -0.2) is 44.9 Å². The summed E-state index contributed by atoms with van der Waals surface area (Å²) in [5.74, 6) is 1.42. The summed E-state index contributed by atoms with van der Waals surface area (Å²) < 4.78 is 10.5. The number of rotatable bonds is 9. The second-order valence-corrected chi connectivity index (χ2v) is 7.13. The Balaban J connectivity index is 0.00000300. The zero-order chi connectivity index (χ0) is 19.7. The van der Waals surface area contributed by atoms with E-state index in [0.29, 0.717) is 25.6 Å². The van der Waals surface area contributed by atoms with E-state index >= 15 is 0 Å². The van der Waals surface area contributed by atoms with E-state index in [1.165, 1.54) is 24.8 Å². The summed E-state index contributed by atoms with van der Waals surface area (Å²) in [5.41, 5.74) is 2.71. The number of hydrogen-bond acceptors (Lipinski definition) is 4. The number of hydrogen-bond donors (Lipinski definition) is 2. The molecule has 0 amide bonds. The Morgan fingerprint density at radius 2 is 1.90 bits per heavy atom. The molecule has 0 radical (unpaired) electrons. The van der Waals surface area contributed by atoms with Gasteiger partial charge in [-0.1, -0.05) is 42.8 Å². The molecule has 0 atom stereocenters. The molecule has 1 saturated carbocycles. The average Bonchev–Trinajstić information content (AvgIpc) is 2.71. The van der Waals surface area contributed by atoms with Crippen molar-refractivity contribution in [3.63, 3.8) is 0 Å². The minimum atomic E-state index is 0. The molecule has 6 nitrogen and oxygen atoms in total. The Kier molecular flexibility index (Phi) is 9.66. The summed E-state index contributed by atoms with van der Waals surface area (Å²) in [7, 11) is 3.45. The summed E-state index contributed by atoms with van der Waals surface area (Å²) >= 11 is 0. The van der Waals surface area contributed by atoms with Crippen molar-refractivity contribution in [3.8, 4) is 5.88 Å². The molecule has 1 aliphatic rings. The van der Waals surface area contributed by atoms with Crippen molar-refractivity contribution in [2.24, 2.45) is 4.99 Å². The van der Waals surface area contributed by atoms with Gasteiger partial charge in [0.05, 0.1) is 6.61 Å². The largest absolute Gasteiger partial charge is 0.475 e. The first-order valence-electron chi connectivity index (χ1n) is 9.82. The van der Waals surface area contributed by atoms with Crippen molar-refractivity contribution >= 4 is 29.9 Å². The normalized spacial score (nSPS) is 15.0. The van der Waals surface area contributed by atoms with E-state index in [2.05, 4.69) is 50.9 Å². The third kappa shape index (κ3) is 6.57. The zero-order valence-corrected chi connectivity index (χ0v) is 19.5. The number of ether oxygens (including phenoxy) is 2. The molecule has 7 heteroatoms. The van der Waals surface area contributed by atoms with Crippen LogP contribution in [-0.2, 0) is 16.7 Å². The topological polar surface area (TPSA) is 67.8 Å². The van der Waals surface area contributed by atoms with Crippen LogP contribution in [0.15, 0.2) is 53.7 Å². The molecule has 2 N–H and O–H groups in total. The molecule has 1 aliphatic carbocycles. The van der Waals surface area contributed by atoms with E-state index in [9.17, 15) is 0 Å². The molecule has 1 heterocycles. The SMILES string of the molecule is CN=C(NCc1ccc(OCCOC)nc1)NCC1(c2ccccc2)CCC1.I. The van der Waals surface area contributed by atoms with E-state index < -0.39 is 0 Å². The van der Waals surface area contributed by atoms with Gasteiger partial charge in [0.25, 0.3) is 0 Å². The lowest BCUT2D eigenvalue weighted by molar-refractivity contribution is 0.143. The number of aliphatic imine (C=N–C) groups is 1. The highest BCUT2D eigenvalue weighted by Crippen LogP contribution is 2.43. The molecular formula is C22H31IN4O2. The van der Waals surface area contributed by atoms with Gasteiger partial charge in [-0.2, -0.15) is 0 Å². The van der Waals surface area contributed by atoms with Gasteiger partial charge in [0.1, 0.15) is 6.61 Å². The molecule has 1 aromatic carbocycles. The van der Waals surface area contributed by atoms with Crippen LogP contribution < -0.4 is 15.4 Å². The highest BCUT2D eigenvalue weighted by atomic mass is 127. The van der Waals surface area contributed by atoms with E-state index in [1.807, 2.05) is 18.3 Å². The molecule has 158 valence electrons. The van der Waals surface area contributed by atoms with Crippen molar-refractivity contribution < 1.29 is 9.47 Å². The lowest BCUT2D eigenvalue weighted by Crippen LogP contribution is -2.48. The Morgan fingerprint density at radius 1 is 1.10 bits per heavy atom. The number of nitrogens with one attached hydrogen (secondary N) is 2. The number of aromatic nitrogens is 1. The molecule has 0 saturated heterocycles. The van der Waals surface area contributed by atoms with E-state index in [4.69, 9.17) is 9.47 Å². The van der Waals surface area contributed by atoms with Gasteiger partial charge in [0.15, 0.2) is 5.96 Å². The number of pyridine rings is 1. The molecule has 2 aromatic rings. The molecule has 1 aromatic heterocycles. The Hall–Kier alpha value is -1.87. The quantitative estimate of drug-likeness (QED) is 0.234. The van der Waals surface area contributed by atoms with Crippen LogP contribution in [0.2, 0.25) is 0 Å². The van der Waals surface area contributed by atoms with Crippen molar-refractivity contribution in [1.82, 2.24) is 15.6 Å². The van der Waals surface area contributed by atoms with Crippen molar-refractivity contribution in [1.29, 1.82) is 0 Å². The fourth-order valence-electron chi connectivity index (χ4n) is 3.45. The standard InChI is InChI=1S/C22H30N4O2.HI/c1-23-21(25-16-18-9-10-20(24-15-18)28-14-13-27-2)26-17-22(11-6-12-22)19-7-4-3-5-8-19;/h3-5,7-10,15H,6,11-14,16-17H2,1-2H3,(H2,23,25,26);1H. The first kappa shape index (κ1) is 23.4. The molecule has 3 rings (SSSR count). The average molecular weight is 510 g/mol. The van der Waals surface area contributed by atoms with Crippen LogP contribution in [0.3, 0.4) is 0 Å². The third-order valence-electron chi connectivity index (χ3n) is 5.31. The van der Waals surface area contributed by atoms with E-state index in [0.717, 1.165) is 18.1 Å². The smallest absolute Gasteiger partial charge is 0.213 e. The lowest BCUT2D eigenvalue weighted by atomic mass is 9.64. The zero-order valence-electron chi connectivity index (χ0n) is 17.2. The van der Waals surface area contributed by atoms with Crippen LogP contribution >= 0.6 is 24.0 Å². The molecule has 0 bridgehead atoms. The summed E-state index contributed by atoms with van der Waals surface area (Å²) in [5, 5.41) is 6.87. The van der Waals surface area contributed by atoms with E-state index in [-0.39, 0.29) is 29.4 Å². The van der Waals surface area contributed by atoms with E-state index in [1.54, 1.807) is 14.2 Å². The second-order valence-electron chi connectivity index (χ2n) is 7.13. The van der Waals surface area contributed by atoms with Crippen LogP contribution in [0.4, 0.5) is 0 Å². The fourth-order valence-corrected chi connectivity index (χ4v) is 3.45. The van der Waals surface area contributed by atoms with Crippen LogP contribution in [0, 0.1) is 0 Å². The Labute approximate surface area is 190 Å². The molecule has 0 aliphatic heterocycles. The maximum absolute atomic E-state index is 5.49. The molecule has 1 fully saturated rings. The number of guanidine groups is 1. The maximum atomic E-state index is 5.49. The van der Waals surface area contributed by atoms with Gasteiger partial charge < -0.3 is 20.1 Å². The minimum absolute atomic E-state index is 0. The molecular weight excluding hydrogens is 479 g/mol. The van der Waals surface area contributed by atoms with Crippen LogP contribution in [0.1, 0.15) is 30.4 Å². The molecule has 0 spiro atoms. The van der Waals surface area contributed by atoms with Gasteiger partial charge in [-0.15, -0.1) is 24.0 Å². The second kappa shape index (κ2) is 12.0. The van der Waals surface area contributed by atoms with Gasteiger partial charge >= 0.3 is 0 Å². The number of nitrogens with zero attached hydrogens (tertiary/aromatic N) is 2. The summed E-state index contributed by atoms with van der Waals surface area (Å²) in [6.07, 6.45) is 5.54. The summed E-state index contributed by atoms with van der Waals surface area (Å²) in [6, 6.07) is 14.7. The number of methoxy groups -OCH3 is 1. The van der Waals surface area contributed by atoms with Gasteiger partial charge in [-0.3, -0.25) is 4.99 Å². The van der Waals surface area contributed by atoms with Gasteiger partial charge in [-0.05, 0) is 24.0 Å². The van der Waals surface area contributed by atoms with Crippen LogP contribution in [0.25, 0.3) is 0 Å². The Bertz CT molecular complexity index is 749. The third-order valence-corrected chi connectivity index (χ3v) is 5.31. The highest BCUT2D eigenvalue weighted by molar-refractivity contribution is 14.0. The summed E-state index contributed by atoms with van der Waals surface area (Å²) in [4.78, 5) is 8.68. The van der Waals surface area contributed by atoms with Gasteiger partial charge in [0, 0.05) is 44.9 Å². The van der Waals surface area contributed by atoms with Crippen molar-refractivity contribution in [2.75, 3.05) is 33.9 Å². The molecule has 0 unspecified atom stereocenters. The minimum Gasteiger partial charge on any atom is -0.475 e. The first-order chi connectivity index (χ1) is 13.8. The maximum Gasteiger partial charge on any atom is 0.213 e. The summed E-state index contributed by atoms with van der Waals surface area (Å²) in [6.45, 7) is 2.60. The monoisotopic (exact) mass is 510 g/mol. The number of benzene rings is 1. The highest BCUT2D eigenvalue weighted by Gasteiger charge is 2.38. The van der Waals surface area contributed by atoms with Crippen molar-refractivity contribution in [2.45, 2.75) is 31.2 Å². The Morgan fingerprint density at radius 3 is 2.48 bits per heavy atom. The van der Waals surface area contributed by atoms with Gasteiger partial charge in [-0.25, -0.2) is 4.98 Å². The predicted molar refractivity (Wildman–Crippen MR) is 127 cm³/mol. The van der Waals surface area contributed by atoms with Gasteiger partial charge in [0.2, 0.25) is 5.88 Å².